The van der Waals surface area contributed by atoms with E-state index in [9.17, 15) is 23.5 Å². The van der Waals surface area contributed by atoms with Gasteiger partial charge in [0.15, 0.2) is 0 Å². The van der Waals surface area contributed by atoms with Crippen LogP contribution in [0.3, 0.4) is 0 Å². The number of benzene rings is 1. The molecule has 0 atom stereocenters. The minimum absolute atomic E-state index is 0.0659. The first-order valence-electron chi connectivity index (χ1n) is 11.7. The highest BCUT2D eigenvalue weighted by Crippen LogP contribution is 2.40. The number of amides is 1. The zero-order valence-corrected chi connectivity index (χ0v) is 21.7. The number of pyridine rings is 1. The van der Waals surface area contributed by atoms with Crippen molar-refractivity contribution in [3.05, 3.63) is 64.9 Å². The minimum atomic E-state index is -1.42. The Morgan fingerprint density at radius 1 is 1.24 bits per heavy atom. The van der Waals surface area contributed by atoms with Gasteiger partial charge in [-0.1, -0.05) is 13.0 Å². The molecule has 0 saturated carbocycles. The Labute approximate surface area is 218 Å². The molecular weight excluding hydrogens is 502 g/mol. The first kappa shape index (κ1) is 28.2. The number of hydrogen-bond acceptors (Lipinski definition) is 8. The number of hydrogen-bond donors (Lipinski definition) is 3. The van der Waals surface area contributed by atoms with Gasteiger partial charge >= 0.3 is 0 Å². The minimum Gasteiger partial charge on any atom is -0.467 e. The van der Waals surface area contributed by atoms with Crippen molar-refractivity contribution in [1.82, 2.24) is 9.88 Å². The Kier molecular flexibility index (Phi) is 9.30. The Hall–Kier alpha value is -3.41. The van der Waals surface area contributed by atoms with Crippen LogP contribution in [0.5, 0.6) is 0 Å². The third-order valence-corrected chi connectivity index (χ3v) is 6.63. The molecule has 3 rings (SSSR count). The third kappa shape index (κ3) is 7.31. The maximum absolute atomic E-state index is 14.9. The number of thiophene rings is 1. The molecule has 3 aromatic rings. The number of nitrogens with two attached hydrogens (primary N) is 1. The molecule has 2 heterocycles. The number of primary amides is 1. The van der Waals surface area contributed by atoms with Gasteiger partial charge in [0.1, 0.15) is 29.1 Å². The van der Waals surface area contributed by atoms with E-state index >= 15 is 0 Å². The van der Waals surface area contributed by atoms with Gasteiger partial charge in [-0.25, -0.2) is 13.8 Å². The Bertz CT molecular complexity index is 1240. The lowest BCUT2D eigenvalue weighted by Gasteiger charge is -2.20. The highest BCUT2D eigenvalue weighted by atomic mass is 32.1. The van der Waals surface area contributed by atoms with E-state index in [1.54, 1.807) is 12.1 Å². The molecule has 8 nitrogen and oxygen atoms in total. The fraction of sp³-hybridized carbons (Fsp3) is 0.346. The standard InChI is InChI=1S/C26H30F2N4O4S/c1-4-8-32(9-10-36-15-33)14-17-6-5-7-22(30-17)31-25-18(24(29)34)13-21(37-25)23-19(27)11-16(12-20(23)28)26(2,3)35/h5-7,11-13,15,35H,4,8-10,14H2,1-3H3,(H2,29,34)(H,30,31). The van der Waals surface area contributed by atoms with E-state index in [1.165, 1.54) is 19.9 Å². The lowest BCUT2D eigenvalue weighted by molar-refractivity contribution is -0.129. The second kappa shape index (κ2) is 12.2. The molecule has 1 aromatic carbocycles. The van der Waals surface area contributed by atoms with Crippen LogP contribution >= 0.6 is 11.3 Å². The van der Waals surface area contributed by atoms with Gasteiger partial charge in [0.25, 0.3) is 12.4 Å². The number of carbonyl (C=O) groups is 2. The summed E-state index contributed by atoms with van der Waals surface area (Å²) in [5.74, 6) is -2.07. The summed E-state index contributed by atoms with van der Waals surface area (Å²) in [6.07, 6.45) is 0.906. The summed E-state index contributed by atoms with van der Waals surface area (Å²) >= 11 is 0.964. The zero-order valence-electron chi connectivity index (χ0n) is 20.9. The molecule has 0 fully saturated rings. The molecule has 0 aliphatic carbocycles. The van der Waals surface area contributed by atoms with Gasteiger partial charge < -0.3 is 20.9 Å². The van der Waals surface area contributed by atoms with Crippen molar-refractivity contribution in [2.24, 2.45) is 5.73 Å². The fourth-order valence-corrected chi connectivity index (χ4v) is 4.87. The SMILES string of the molecule is CCCN(CCOC=O)Cc1cccc(Nc2sc(-c3c(F)cc(C(C)(C)O)cc3F)cc2C(N)=O)n1. The summed E-state index contributed by atoms with van der Waals surface area (Å²) in [7, 11) is 0. The van der Waals surface area contributed by atoms with E-state index in [2.05, 4.69) is 15.2 Å². The highest BCUT2D eigenvalue weighted by molar-refractivity contribution is 7.20. The Balaban J connectivity index is 1.89. The molecule has 0 spiro atoms. The summed E-state index contributed by atoms with van der Waals surface area (Å²) in [4.78, 5) is 29.4. The van der Waals surface area contributed by atoms with Crippen LogP contribution in [0.2, 0.25) is 0 Å². The first-order valence-corrected chi connectivity index (χ1v) is 12.5. The van der Waals surface area contributed by atoms with Crippen LogP contribution in [0.1, 0.15) is 48.8 Å². The predicted octanol–water partition coefficient (Wildman–Crippen LogP) is 4.54. The first-order chi connectivity index (χ1) is 17.5. The largest absolute Gasteiger partial charge is 0.467 e. The van der Waals surface area contributed by atoms with E-state index in [1.807, 2.05) is 13.0 Å². The van der Waals surface area contributed by atoms with E-state index in [-0.39, 0.29) is 28.2 Å². The molecule has 0 saturated heterocycles. The summed E-state index contributed by atoms with van der Waals surface area (Å²) < 4.78 is 34.6. The van der Waals surface area contributed by atoms with Crippen LogP contribution in [-0.2, 0) is 21.7 Å². The van der Waals surface area contributed by atoms with Crippen LogP contribution in [0.25, 0.3) is 10.4 Å². The molecule has 0 radical (unpaired) electrons. The molecule has 2 aromatic heterocycles. The van der Waals surface area contributed by atoms with Crippen molar-refractivity contribution in [3.8, 4) is 10.4 Å². The highest BCUT2D eigenvalue weighted by Gasteiger charge is 2.24. The lowest BCUT2D eigenvalue weighted by atomic mass is 9.96. The lowest BCUT2D eigenvalue weighted by Crippen LogP contribution is -2.28. The van der Waals surface area contributed by atoms with Crippen LogP contribution in [0, 0.1) is 11.6 Å². The molecule has 4 N–H and O–H groups in total. The van der Waals surface area contributed by atoms with E-state index < -0.39 is 23.1 Å². The number of carbonyl (C=O) groups excluding carboxylic acids is 2. The molecule has 11 heteroatoms. The molecule has 37 heavy (non-hydrogen) atoms. The number of nitrogens with zero attached hydrogens (tertiary/aromatic N) is 2. The predicted molar refractivity (Wildman–Crippen MR) is 139 cm³/mol. The van der Waals surface area contributed by atoms with Gasteiger partial charge in [0.05, 0.1) is 22.4 Å². The maximum Gasteiger partial charge on any atom is 0.293 e. The number of aliphatic hydroxyl groups is 1. The molecule has 198 valence electrons. The monoisotopic (exact) mass is 532 g/mol. The van der Waals surface area contributed by atoms with E-state index in [0.29, 0.717) is 30.4 Å². The van der Waals surface area contributed by atoms with Gasteiger partial charge in [-0.3, -0.25) is 14.5 Å². The van der Waals surface area contributed by atoms with Crippen molar-refractivity contribution in [3.63, 3.8) is 0 Å². The quantitative estimate of drug-likeness (QED) is 0.218. The zero-order chi connectivity index (χ0) is 27.2. The van der Waals surface area contributed by atoms with Gasteiger partial charge in [-0.15, -0.1) is 11.3 Å². The Morgan fingerprint density at radius 2 is 1.95 bits per heavy atom. The topological polar surface area (TPSA) is 118 Å². The third-order valence-electron chi connectivity index (χ3n) is 5.56. The maximum atomic E-state index is 14.9. The van der Waals surface area contributed by atoms with E-state index in [4.69, 9.17) is 10.5 Å². The van der Waals surface area contributed by atoms with Crippen LogP contribution in [0.15, 0.2) is 36.4 Å². The summed E-state index contributed by atoms with van der Waals surface area (Å²) in [6.45, 7) is 7.43. The van der Waals surface area contributed by atoms with Crippen molar-refractivity contribution in [2.45, 2.75) is 39.3 Å². The fourth-order valence-electron chi connectivity index (χ4n) is 3.75. The smallest absolute Gasteiger partial charge is 0.293 e. The van der Waals surface area contributed by atoms with Crippen molar-refractivity contribution >= 4 is 34.5 Å². The number of halogens is 2. The van der Waals surface area contributed by atoms with Gasteiger partial charge in [0, 0.05) is 18.0 Å². The number of anilines is 2. The summed E-state index contributed by atoms with van der Waals surface area (Å²) in [6, 6.07) is 8.82. The van der Waals surface area contributed by atoms with Gasteiger partial charge in [-0.05, 0) is 62.7 Å². The molecule has 0 aliphatic heterocycles. The molecule has 0 aliphatic rings. The van der Waals surface area contributed by atoms with Crippen LogP contribution in [0.4, 0.5) is 19.6 Å². The van der Waals surface area contributed by atoms with Crippen LogP contribution in [-0.4, -0.2) is 47.1 Å². The van der Waals surface area contributed by atoms with Crippen molar-refractivity contribution < 1.29 is 28.2 Å². The normalized spacial score (nSPS) is 11.5. The van der Waals surface area contributed by atoms with Crippen molar-refractivity contribution in [1.29, 1.82) is 0 Å². The Morgan fingerprint density at radius 3 is 2.54 bits per heavy atom. The van der Waals surface area contributed by atoms with E-state index in [0.717, 1.165) is 42.1 Å². The molecule has 1 amide bonds. The second-order valence-electron chi connectivity index (χ2n) is 8.97. The van der Waals surface area contributed by atoms with Gasteiger partial charge in [-0.2, -0.15) is 0 Å². The molecule has 0 bridgehead atoms. The average molecular weight is 533 g/mol. The number of aromatic nitrogens is 1. The molecular formula is C26H30F2N4O4S. The summed E-state index contributed by atoms with van der Waals surface area (Å²) in [5.41, 5.74) is 4.70. The number of rotatable bonds is 13. The van der Waals surface area contributed by atoms with Crippen molar-refractivity contribution in [2.75, 3.05) is 25.0 Å². The second-order valence-corrected chi connectivity index (χ2v) is 10.0. The summed E-state index contributed by atoms with van der Waals surface area (Å²) in [5, 5.41) is 13.5. The number of ether oxygens (including phenoxy) is 1. The van der Waals surface area contributed by atoms with Gasteiger partial charge in [0.2, 0.25) is 0 Å². The number of nitrogens with one attached hydrogen (secondary N) is 1. The molecule has 0 unspecified atom stereocenters. The van der Waals surface area contributed by atoms with Crippen LogP contribution < -0.4 is 11.1 Å². The average Bonchev–Trinajstić information content (AvgIpc) is 3.22.